The summed E-state index contributed by atoms with van der Waals surface area (Å²) in [5.74, 6) is 0.350. The number of aryl methyl sites for hydroxylation is 1. The molecular weight excluding hydrogens is 316 g/mol. The molecular formula is C19H22N4O2. The Morgan fingerprint density at radius 3 is 2.60 bits per heavy atom. The first-order valence-corrected chi connectivity index (χ1v) is 8.33. The summed E-state index contributed by atoms with van der Waals surface area (Å²) in [6, 6.07) is 7.58. The average Bonchev–Trinajstić information content (AvgIpc) is 2.96. The van der Waals surface area contributed by atoms with E-state index < -0.39 is 5.69 Å². The smallest absolute Gasteiger partial charge is 0.324 e. The van der Waals surface area contributed by atoms with Gasteiger partial charge in [-0.3, -0.25) is 9.36 Å². The van der Waals surface area contributed by atoms with Crippen LogP contribution in [0.2, 0.25) is 0 Å². The molecule has 25 heavy (non-hydrogen) atoms. The lowest BCUT2D eigenvalue weighted by molar-refractivity contribution is 0.530. The molecule has 0 amide bonds. The molecule has 0 N–H and O–H groups in total. The van der Waals surface area contributed by atoms with E-state index in [1.807, 2.05) is 35.8 Å². The maximum Gasteiger partial charge on any atom is 0.337 e. The van der Waals surface area contributed by atoms with Gasteiger partial charge in [-0.15, -0.1) is 6.58 Å². The number of hydrogen-bond donors (Lipinski definition) is 0. The van der Waals surface area contributed by atoms with Gasteiger partial charge >= 0.3 is 5.69 Å². The number of fused-ring (bicyclic) bond motifs is 1. The summed E-state index contributed by atoms with van der Waals surface area (Å²) in [4.78, 5) is 30.3. The Balaban J connectivity index is 2.46. The Kier molecular flexibility index (Phi) is 4.44. The quantitative estimate of drug-likeness (QED) is 0.672. The molecule has 0 aliphatic rings. The normalized spacial score (nSPS) is 11.4. The van der Waals surface area contributed by atoms with Gasteiger partial charge in [0.2, 0.25) is 0 Å². The maximum absolute atomic E-state index is 13.0. The predicted molar refractivity (Wildman–Crippen MR) is 99.4 cm³/mol. The summed E-state index contributed by atoms with van der Waals surface area (Å²) in [5, 5.41) is 0. The Bertz CT molecular complexity index is 1050. The molecule has 0 unspecified atom stereocenters. The third-order valence-electron chi connectivity index (χ3n) is 4.13. The van der Waals surface area contributed by atoms with Crippen molar-refractivity contribution in [3.8, 4) is 5.69 Å². The molecule has 3 rings (SSSR count). The van der Waals surface area contributed by atoms with Crippen LogP contribution in [-0.2, 0) is 13.1 Å². The van der Waals surface area contributed by atoms with Crippen molar-refractivity contribution in [2.75, 3.05) is 0 Å². The van der Waals surface area contributed by atoms with Crippen LogP contribution < -0.4 is 11.2 Å². The van der Waals surface area contributed by atoms with Crippen LogP contribution in [0.1, 0.15) is 19.4 Å². The monoisotopic (exact) mass is 338 g/mol. The number of benzene rings is 1. The molecule has 0 aliphatic heterocycles. The summed E-state index contributed by atoms with van der Waals surface area (Å²) in [6.07, 6.45) is 3.19. The molecule has 0 fully saturated rings. The van der Waals surface area contributed by atoms with Gasteiger partial charge in [-0.2, -0.15) is 0 Å². The number of para-hydroxylation sites is 1. The van der Waals surface area contributed by atoms with Crippen molar-refractivity contribution in [1.29, 1.82) is 0 Å². The van der Waals surface area contributed by atoms with Gasteiger partial charge in [-0.25, -0.2) is 14.3 Å². The van der Waals surface area contributed by atoms with Gasteiger partial charge in [-0.05, 0) is 24.5 Å². The number of aromatic nitrogens is 4. The molecule has 2 heterocycles. The zero-order valence-electron chi connectivity index (χ0n) is 14.8. The largest absolute Gasteiger partial charge is 0.337 e. The minimum atomic E-state index is -0.401. The van der Waals surface area contributed by atoms with Crippen LogP contribution in [0.15, 0.2) is 52.8 Å². The molecule has 1 aromatic carbocycles. The standard InChI is InChI=1S/C19H22N4O2/c1-5-10-22-18(24)16-17(20-12-21(16)11-13(2)3)23(19(22)25)15-9-7-6-8-14(15)4/h5-9,12-13H,1,10-11H2,2-4H3. The average molecular weight is 338 g/mol. The zero-order valence-corrected chi connectivity index (χ0v) is 14.8. The van der Waals surface area contributed by atoms with E-state index in [-0.39, 0.29) is 12.1 Å². The molecule has 0 radical (unpaired) electrons. The molecule has 0 saturated heterocycles. The summed E-state index contributed by atoms with van der Waals surface area (Å²) < 4.78 is 4.56. The first-order valence-electron chi connectivity index (χ1n) is 8.33. The Labute approximate surface area is 145 Å². The highest BCUT2D eigenvalue weighted by molar-refractivity contribution is 5.72. The van der Waals surface area contributed by atoms with Crippen LogP contribution >= 0.6 is 0 Å². The fourth-order valence-corrected chi connectivity index (χ4v) is 3.03. The number of hydrogen-bond acceptors (Lipinski definition) is 3. The van der Waals surface area contributed by atoms with Crippen molar-refractivity contribution in [3.05, 3.63) is 69.6 Å². The minimum absolute atomic E-state index is 0.159. The van der Waals surface area contributed by atoms with Crippen LogP contribution in [0.25, 0.3) is 16.9 Å². The lowest BCUT2D eigenvalue weighted by atomic mass is 10.2. The Hall–Kier alpha value is -2.89. The van der Waals surface area contributed by atoms with E-state index in [1.54, 1.807) is 12.4 Å². The van der Waals surface area contributed by atoms with Gasteiger partial charge in [-0.1, -0.05) is 38.1 Å². The summed E-state index contributed by atoms with van der Waals surface area (Å²) in [6.45, 7) is 10.6. The molecule has 6 heteroatoms. The van der Waals surface area contributed by atoms with Gasteiger partial charge in [0.25, 0.3) is 5.56 Å². The molecule has 2 aromatic heterocycles. The van der Waals surface area contributed by atoms with E-state index in [0.717, 1.165) is 11.3 Å². The molecule has 6 nitrogen and oxygen atoms in total. The van der Waals surface area contributed by atoms with Crippen LogP contribution in [0.5, 0.6) is 0 Å². The second-order valence-electron chi connectivity index (χ2n) is 6.57. The van der Waals surface area contributed by atoms with E-state index in [0.29, 0.717) is 23.6 Å². The fourth-order valence-electron chi connectivity index (χ4n) is 3.03. The van der Waals surface area contributed by atoms with Gasteiger partial charge < -0.3 is 4.57 Å². The number of allylic oxidation sites excluding steroid dienone is 1. The number of nitrogens with zero attached hydrogens (tertiary/aromatic N) is 4. The first-order chi connectivity index (χ1) is 12.0. The second-order valence-corrected chi connectivity index (χ2v) is 6.57. The van der Waals surface area contributed by atoms with Gasteiger partial charge in [0.15, 0.2) is 11.2 Å². The molecule has 0 saturated carbocycles. The van der Waals surface area contributed by atoms with Crippen molar-refractivity contribution in [3.63, 3.8) is 0 Å². The lowest BCUT2D eigenvalue weighted by Crippen LogP contribution is -2.40. The highest BCUT2D eigenvalue weighted by Gasteiger charge is 2.19. The van der Waals surface area contributed by atoms with Gasteiger partial charge in [0, 0.05) is 13.1 Å². The number of imidazole rings is 1. The van der Waals surface area contributed by atoms with E-state index >= 15 is 0 Å². The molecule has 0 aliphatic carbocycles. The third kappa shape index (κ3) is 2.84. The SMILES string of the molecule is C=CCn1c(=O)c2c(ncn2CC(C)C)n(-c2ccccc2C)c1=O. The molecule has 130 valence electrons. The maximum atomic E-state index is 13.0. The van der Waals surface area contributed by atoms with Crippen molar-refractivity contribution >= 4 is 11.2 Å². The lowest BCUT2D eigenvalue weighted by Gasteiger charge is -2.14. The topological polar surface area (TPSA) is 61.8 Å². The molecule has 0 bridgehead atoms. The third-order valence-corrected chi connectivity index (χ3v) is 4.13. The minimum Gasteiger partial charge on any atom is -0.324 e. The predicted octanol–water partition coefficient (Wildman–Crippen LogP) is 2.50. The number of rotatable bonds is 5. The first kappa shape index (κ1) is 17.0. The van der Waals surface area contributed by atoms with Crippen molar-refractivity contribution in [2.45, 2.75) is 33.9 Å². The Morgan fingerprint density at radius 2 is 1.96 bits per heavy atom. The highest BCUT2D eigenvalue weighted by Crippen LogP contribution is 2.17. The van der Waals surface area contributed by atoms with E-state index in [4.69, 9.17) is 0 Å². The fraction of sp³-hybridized carbons (Fsp3) is 0.316. The van der Waals surface area contributed by atoms with Crippen molar-refractivity contribution in [1.82, 2.24) is 18.7 Å². The second kappa shape index (κ2) is 6.55. The van der Waals surface area contributed by atoms with Crippen LogP contribution in [0.3, 0.4) is 0 Å². The zero-order chi connectivity index (χ0) is 18.1. The Morgan fingerprint density at radius 1 is 1.24 bits per heavy atom. The highest BCUT2D eigenvalue weighted by atomic mass is 16.2. The molecule has 0 atom stereocenters. The van der Waals surface area contributed by atoms with Crippen LogP contribution in [-0.4, -0.2) is 18.7 Å². The summed E-state index contributed by atoms with van der Waals surface area (Å²) in [7, 11) is 0. The molecule has 3 aromatic rings. The van der Waals surface area contributed by atoms with Crippen LogP contribution in [0.4, 0.5) is 0 Å². The van der Waals surface area contributed by atoms with Gasteiger partial charge in [0.1, 0.15) is 0 Å². The van der Waals surface area contributed by atoms with Crippen molar-refractivity contribution < 1.29 is 0 Å². The van der Waals surface area contributed by atoms with E-state index in [2.05, 4.69) is 25.4 Å². The molecule has 0 spiro atoms. The summed E-state index contributed by atoms with van der Waals surface area (Å²) in [5.41, 5.74) is 1.77. The van der Waals surface area contributed by atoms with Crippen molar-refractivity contribution in [2.24, 2.45) is 5.92 Å². The van der Waals surface area contributed by atoms with Crippen LogP contribution in [0, 0.1) is 12.8 Å². The van der Waals surface area contributed by atoms with E-state index in [1.165, 1.54) is 9.13 Å². The van der Waals surface area contributed by atoms with Gasteiger partial charge in [0.05, 0.1) is 12.0 Å². The van der Waals surface area contributed by atoms with E-state index in [9.17, 15) is 9.59 Å². The summed E-state index contributed by atoms with van der Waals surface area (Å²) >= 11 is 0.